The van der Waals surface area contributed by atoms with E-state index in [-0.39, 0.29) is 12.1 Å². The second-order valence-electron chi connectivity index (χ2n) is 2.92. The Bertz CT molecular complexity index is 432. The van der Waals surface area contributed by atoms with Crippen LogP contribution < -0.4 is 5.32 Å². The van der Waals surface area contributed by atoms with Gasteiger partial charge in [0.2, 0.25) is 0 Å². The zero-order valence-electron chi connectivity index (χ0n) is 8.03. The van der Waals surface area contributed by atoms with Crippen molar-refractivity contribution in [2.45, 2.75) is 0 Å². The van der Waals surface area contributed by atoms with Crippen molar-refractivity contribution in [1.82, 2.24) is 0 Å². The predicted molar refractivity (Wildman–Crippen MR) is 56.4 cm³/mol. The maximum absolute atomic E-state index is 10.5. The van der Waals surface area contributed by atoms with Crippen molar-refractivity contribution in [3.05, 3.63) is 42.0 Å². The van der Waals surface area contributed by atoms with Gasteiger partial charge in [-0.1, -0.05) is 18.7 Å². The molecule has 1 aromatic carbocycles. The number of nitriles is 1. The minimum atomic E-state index is -1.04. The Balaban J connectivity index is 2.70. The van der Waals surface area contributed by atoms with Gasteiger partial charge in [0, 0.05) is 12.1 Å². The molecule has 0 amide bonds. The number of hydrogen-bond donors (Lipinski definition) is 2. The quantitative estimate of drug-likeness (QED) is 0.727. The van der Waals surface area contributed by atoms with Crippen LogP contribution >= 0.6 is 0 Å². The molecule has 0 unspecified atom stereocenters. The summed E-state index contributed by atoms with van der Waals surface area (Å²) in [5, 5.41) is 20.2. The number of rotatable bonds is 4. The zero-order chi connectivity index (χ0) is 11.3. The van der Waals surface area contributed by atoms with Crippen LogP contribution in [0.15, 0.2) is 36.4 Å². The summed E-state index contributed by atoms with van der Waals surface area (Å²) >= 11 is 0. The number of nitrogens with zero attached hydrogens (tertiary/aromatic N) is 1. The van der Waals surface area contributed by atoms with Crippen molar-refractivity contribution in [2.24, 2.45) is 0 Å². The van der Waals surface area contributed by atoms with Gasteiger partial charge in [-0.05, 0) is 12.1 Å². The van der Waals surface area contributed by atoms with Gasteiger partial charge in [-0.15, -0.1) is 0 Å². The lowest BCUT2D eigenvalue weighted by molar-refractivity contribution is -0.132. The van der Waals surface area contributed by atoms with E-state index in [1.54, 1.807) is 24.3 Å². The maximum Gasteiger partial charge on any atom is 0.332 e. The number of carbonyl (C=O) groups is 1. The largest absolute Gasteiger partial charge is 0.478 e. The molecule has 0 aliphatic rings. The highest BCUT2D eigenvalue weighted by molar-refractivity contribution is 5.86. The Kier molecular flexibility index (Phi) is 3.47. The van der Waals surface area contributed by atoms with Crippen molar-refractivity contribution in [3.8, 4) is 6.07 Å². The van der Waals surface area contributed by atoms with Gasteiger partial charge in [0.05, 0.1) is 11.3 Å². The molecule has 0 atom stereocenters. The molecule has 15 heavy (non-hydrogen) atoms. The van der Waals surface area contributed by atoms with Gasteiger partial charge < -0.3 is 10.4 Å². The Morgan fingerprint density at radius 3 is 2.80 bits per heavy atom. The first-order valence-corrected chi connectivity index (χ1v) is 4.29. The number of aliphatic carboxylic acids is 1. The van der Waals surface area contributed by atoms with E-state index in [2.05, 4.69) is 11.9 Å². The molecule has 4 heteroatoms. The standard InChI is InChI=1S/C11H10N2O2/c1-8(11(14)15)7-13-10-5-3-2-4-9(10)6-12/h2-5,13H,1,7H2,(H,14,15). The van der Waals surface area contributed by atoms with Gasteiger partial charge in [0.1, 0.15) is 6.07 Å². The van der Waals surface area contributed by atoms with Crippen molar-refractivity contribution in [2.75, 3.05) is 11.9 Å². The van der Waals surface area contributed by atoms with Crippen LogP contribution in [0.4, 0.5) is 5.69 Å². The fraction of sp³-hybridized carbons (Fsp3) is 0.0909. The molecular formula is C11H10N2O2. The summed E-state index contributed by atoms with van der Waals surface area (Å²) in [5.74, 6) is -1.04. The van der Waals surface area contributed by atoms with E-state index in [0.29, 0.717) is 11.3 Å². The van der Waals surface area contributed by atoms with Crippen LogP contribution in [0.3, 0.4) is 0 Å². The molecule has 0 spiro atoms. The van der Waals surface area contributed by atoms with Crippen molar-refractivity contribution in [1.29, 1.82) is 5.26 Å². The van der Waals surface area contributed by atoms with E-state index in [1.807, 2.05) is 6.07 Å². The molecular weight excluding hydrogens is 192 g/mol. The average Bonchev–Trinajstić information content (AvgIpc) is 2.26. The van der Waals surface area contributed by atoms with Crippen LogP contribution in [0.25, 0.3) is 0 Å². The first-order valence-electron chi connectivity index (χ1n) is 4.29. The van der Waals surface area contributed by atoms with Gasteiger partial charge in [0.25, 0.3) is 0 Å². The highest BCUT2D eigenvalue weighted by Crippen LogP contribution is 2.13. The third-order valence-electron chi connectivity index (χ3n) is 1.84. The normalized spacial score (nSPS) is 9.00. The molecule has 1 aromatic rings. The van der Waals surface area contributed by atoms with Crippen LogP contribution in [0.1, 0.15) is 5.56 Å². The minimum absolute atomic E-state index is 0.0581. The maximum atomic E-state index is 10.5. The topological polar surface area (TPSA) is 73.1 Å². The smallest absolute Gasteiger partial charge is 0.332 e. The van der Waals surface area contributed by atoms with E-state index < -0.39 is 5.97 Å². The van der Waals surface area contributed by atoms with E-state index in [9.17, 15) is 4.79 Å². The number of para-hydroxylation sites is 1. The first-order chi connectivity index (χ1) is 7.15. The lowest BCUT2D eigenvalue weighted by Crippen LogP contribution is -2.11. The molecule has 0 aliphatic carbocycles. The summed E-state index contributed by atoms with van der Waals surface area (Å²) in [6.45, 7) is 3.50. The Morgan fingerprint density at radius 1 is 1.53 bits per heavy atom. The van der Waals surface area contributed by atoms with Crippen LogP contribution in [0, 0.1) is 11.3 Å². The number of carboxylic acid groups (broad SMARTS) is 1. The van der Waals surface area contributed by atoms with Gasteiger partial charge in [-0.25, -0.2) is 4.79 Å². The Morgan fingerprint density at radius 2 is 2.20 bits per heavy atom. The van der Waals surface area contributed by atoms with E-state index >= 15 is 0 Å². The molecule has 0 saturated carbocycles. The Labute approximate surface area is 87.5 Å². The first kappa shape index (κ1) is 10.8. The average molecular weight is 202 g/mol. The lowest BCUT2D eigenvalue weighted by atomic mass is 10.2. The molecule has 0 aromatic heterocycles. The predicted octanol–water partition coefficient (Wildman–Crippen LogP) is 1.61. The van der Waals surface area contributed by atoms with Gasteiger partial charge in [-0.2, -0.15) is 5.26 Å². The molecule has 1 rings (SSSR count). The number of hydrogen-bond acceptors (Lipinski definition) is 3. The summed E-state index contributed by atoms with van der Waals surface area (Å²) in [6.07, 6.45) is 0. The van der Waals surface area contributed by atoms with Crippen molar-refractivity contribution < 1.29 is 9.90 Å². The fourth-order valence-corrected chi connectivity index (χ4v) is 1.01. The molecule has 0 bridgehead atoms. The summed E-state index contributed by atoms with van der Waals surface area (Å²) in [6, 6.07) is 8.90. The van der Waals surface area contributed by atoms with Gasteiger partial charge >= 0.3 is 5.97 Å². The third-order valence-corrected chi connectivity index (χ3v) is 1.84. The van der Waals surface area contributed by atoms with Gasteiger partial charge in [0.15, 0.2) is 0 Å². The lowest BCUT2D eigenvalue weighted by Gasteiger charge is -2.07. The summed E-state index contributed by atoms with van der Waals surface area (Å²) in [5.41, 5.74) is 1.15. The SMILES string of the molecule is C=C(CNc1ccccc1C#N)C(=O)O. The van der Waals surface area contributed by atoms with Crippen LogP contribution in [0.5, 0.6) is 0 Å². The number of nitrogens with one attached hydrogen (secondary N) is 1. The molecule has 0 aliphatic heterocycles. The second kappa shape index (κ2) is 4.82. The summed E-state index contributed by atoms with van der Waals surface area (Å²) in [7, 11) is 0. The van der Waals surface area contributed by atoms with E-state index in [0.717, 1.165) is 0 Å². The Hall–Kier alpha value is -2.28. The summed E-state index contributed by atoms with van der Waals surface area (Å²) < 4.78 is 0. The molecule has 76 valence electrons. The highest BCUT2D eigenvalue weighted by Gasteiger charge is 2.04. The van der Waals surface area contributed by atoms with Crippen LogP contribution in [-0.2, 0) is 4.79 Å². The zero-order valence-corrected chi connectivity index (χ0v) is 8.03. The number of carboxylic acids is 1. The molecule has 2 N–H and O–H groups in total. The molecule has 0 heterocycles. The molecule has 0 radical (unpaired) electrons. The minimum Gasteiger partial charge on any atom is -0.478 e. The van der Waals surface area contributed by atoms with Crippen LogP contribution in [-0.4, -0.2) is 17.6 Å². The monoisotopic (exact) mass is 202 g/mol. The number of benzene rings is 1. The third kappa shape index (κ3) is 2.85. The molecule has 4 nitrogen and oxygen atoms in total. The number of anilines is 1. The van der Waals surface area contributed by atoms with Crippen molar-refractivity contribution in [3.63, 3.8) is 0 Å². The second-order valence-corrected chi connectivity index (χ2v) is 2.92. The highest BCUT2D eigenvalue weighted by atomic mass is 16.4. The van der Waals surface area contributed by atoms with Crippen molar-refractivity contribution >= 4 is 11.7 Å². The van der Waals surface area contributed by atoms with Crippen LogP contribution in [0.2, 0.25) is 0 Å². The molecule has 0 fully saturated rings. The van der Waals surface area contributed by atoms with E-state index in [1.165, 1.54) is 0 Å². The fourth-order valence-electron chi connectivity index (χ4n) is 1.01. The van der Waals surface area contributed by atoms with Gasteiger partial charge in [-0.3, -0.25) is 0 Å². The molecule has 0 saturated heterocycles. The summed E-state index contributed by atoms with van der Waals surface area (Å²) in [4.78, 5) is 10.5. The van der Waals surface area contributed by atoms with E-state index in [4.69, 9.17) is 10.4 Å².